The molecule has 0 bridgehead atoms. The first-order valence-electron chi connectivity index (χ1n) is 9.93. The second kappa shape index (κ2) is 9.23. The standard InChI is InChI=1S/C24H20N4O5/c1-32-23(30)25-16-8-6-7-15(13-16)21-27-20-12-11-17(26-24(31)33-2)14-19(20)22(29)28(21)18-9-4-3-5-10-18/h3-14H,1-2H3,(H,25,30)(H,26,31). The molecule has 0 saturated carbocycles. The maximum Gasteiger partial charge on any atom is 0.411 e. The maximum atomic E-state index is 13.6. The predicted octanol–water partition coefficient (Wildman–Crippen LogP) is 4.41. The average Bonchev–Trinajstić information content (AvgIpc) is 2.84. The summed E-state index contributed by atoms with van der Waals surface area (Å²) >= 11 is 0. The minimum atomic E-state index is -0.641. The summed E-state index contributed by atoms with van der Waals surface area (Å²) in [6.45, 7) is 0. The van der Waals surface area contributed by atoms with Crippen molar-refractivity contribution < 1.29 is 19.1 Å². The first-order chi connectivity index (χ1) is 16.0. The van der Waals surface area contributed by atoms with Crippen LogP contribution in [0.2, 0.25) is 0 Å². The average molecular weight is 444 g/mol. The lowest BCUT2D eigenvalue weighted by Crippen LogP contribution is -2.22. The van der Waals surface area contributed by atoms with Crippen LogP contribution in [0.3, 0.4) is 0 Å². The molecule has 0 fully saturated rings. The van der Waals surface area contributed by atoms with Crippen LogP contribution < -0.4 is 16.2 Å². The number of ether oxygens (including phenoxy) is 2. The third-order valence-electron chi connectivity index (χ3n) is 4.87. The van der Waals surface area contributed by atoms with Crippen molar-refractivity contribution in [2.45, 2.75) is 0 Å². The van der Waals surface area contributed by atoms with Crippen LogP contribution in [0, 0.1) is 0 Å². The molecular formula is C24H20N4O5. The van der Waals surface area contributed by atoms with Crippen molar-refractivity contribution in [3.63, 3.8) is 0 Å². The van der Waals surface area contributed by atoms with Crippen molar-refractivity contribution in [3.8, 4) is 17.1 Å². The Hall–Kier alpha value is -4.66. The van der Waals surface area contributed by atoms with E-state index in [4.69, 9.17) is 4.98 Å². The van der Waals surface area contributed by atoms with Gasteiger partial charge in [0.05, 0.1) is 30.8 Å². The largest absolute Gasteiger partial charge is 0.453 e. The van der Waals surface area contributed by atoms with E-state index in [-0.39, 0.29) is 5.56 Å². The Bertz CT molecular complexity index is 1400. The fourth-order valence-electron chi connectivity index (χ4n) is 3.35. The van der Waals surface area contributed by atoms with Crippen molar-refractivity contribution in [1.29, 1.82) is 0 Å². The predicted molar refractivity (Wildman–Crippen MR) is 125 cm³/mol. The van der Waals surface area contributed by atoms with Gasteiger partial charge in [0, 0.05) is 16.9 Å². The van der Waals surface area contributed by atoms with E-state index in [1.807, 2.05) is 18.2 Å². The Morgan fingerprint density at radius 3 is 2.15 bits per heavy atom. The molecule has 33 heavy (non-hydrogen) atoms. The summed E-state index contributed by atoms with van der Waals surface area (Å²) in [7, 11) is 2.54. The number of anilines is 2. The number of hydrogen-bond donors (Lipinski definition) is 2. The molecule has 166 valence electrons. The number of nitrogens with zero attached hydrogens (tertiary/aromatic N) is 2. The van der Waals surface area contributed by atoms with Gasteiger partial charge in [-0.3, -0.25) is 20.0 Å². The Labute approximate surface area is 188 Å². The highest BCUT2D eigenvalue weighted by Gasteiger charge is 2.16. The molecule has 1 aromatic heterocycles. The normalized spacial score (nSPS) is 10.5. The molecule has 3 aromatic carbocycles. The van der Waals surface area contributed by atoms with Crippen molar-refractivity contribution in [3.05, 3.63) is 83.2 Å². The topological polar surface area (TPSA) is 112 Å². The van der Waals surface area contributed by atoms with Gasteiger partial charge in [0.25, 0.3) is 5.56 Å². The van der Waals surface area contributed by atoms with E-state index in [1.54, 1.807) is 54.6 Å². The van der Waals surface area contributed by atoms with Crippen LogP contribution in [-0.2, 0) is 9.47 Å². The molecule has 4 aromatic rings. The van der Waals surface area contributed by atoms with Gasteiger partial charge in [-0.15, -0.1) is 0 Å². The van der Waals surface area contributed by atoms with Crippen LogP contribution in [0.15, 0.2) is 77.6 Å². The summed E-state index contributed by atoms with van der Waals surface area (Å²) in [5.74, 6) is 0.390. The highest BCUT2D eigenvalue weighted by molar-refractivity contribution is 5.90. The molecule has 9 heteroatoms. The number of rotatable bonds is 4. The van der Waals surface area contributed by atoms with E-state index in [9.17, 15) is 14.4 Å². The van der Waals surface area contributed by atoms with E-state index >= 15 is 0 Å². The van der Waals surface area contributed by atoms with Crippen molar-refractivity contribution in [1.82, 2.24) is 9.55 Å². The lowest BCUT2D eigenvalue weighted by atomic mass is 10.1. The summed E-state index contributed by atoms with van der Waals surface area (Å²) < 4.78 is 10.8. The summed E-state index contributed by atoms with van der Waals surface area (Å²) in [6.07, 6.45) is -1.25. The first kappa shape index (κ1) is 21.6. The summed E-state index contributed by atoms with van der Waals surface area (Å²) in [6, 6.07) is 20.9. The second-order valence-corrected chi connectivity index (χ2v) is 6.96. The Morgan fingerprint density at radius 2 is 1.48 bits per heavy atom. The fraction of sp³-hybridized carbons (Fsp3) is 0.0833. The number of carbonyl (C=O) groups is 2. The first-order valence-corrected chi connectivity index (χ1v) is 9.93. The van der Waals surface area contributed by atoms with E-state index in [0.717, 1.165) is 0 Å². The quantitative estimate of drug-likeness (QED) is 0.482. The molecule has 0 aliphatic carbocycles. The number of benzene rings is 3. The third-order valence-corrected chi connectivity index (χ3v) is 4.87. The van der Waals surface area contributed by atoms with Crippen LogP contribution in [0.1, 0.15) is 0 Å². The molecule has 2 amide bonds. The van der Waals surface area contributed by atoms with Gasteiger partial charge in [-0.05, 0) is 42.5 Å². The number of para-hydroxylation sites is 1. The van der Waals surface area contributed by atoms with Gasteiger partial charge >= 0.3 is 12.2 Å². The Kier molecular flexibility index (Phi) is 6.03. The molecule has 2 N–H and O–H groups in total. The molecule has 0 aliphatic heterocycles. The molecule has 0 unspecified atom stereocenters. The molecule has 9 nitrogen and oxygen atoms in total. The Morgan fingerprint density at radius 1 is 0.818 bits per heavy atom. The number of nitrogens with one attached hydrogen (secondary N) is 2. The SMILES string of the molecule is COC(=O)Nc1cccc(-c2nc3ccc(NC(=O)OC)cc3c(=O)n2-c2ccccc2)c1. The molecule has 4 rings (SSSR count). The van der Waals surface area contributed by atoms with Crippen molar-refractivity contribution >= 4 is 34.5 Å². The number of carbonyl (C=O) groups excluding carboxylic acids is 2. The van der Waals surface area contributed by atoms with Crippen LogP contribution in [0.4, 0.5) is 21.0 Å². The van der Waals surface area contributed by atoms with Gasteiger partial charge < -0.3 is 9.47 Å². The zero-order valence-electron chi connectivity index (χ0n) is 17.9. The van der Waals surface area contributed by atoms with E-state index < -0.39 is 12.2 Å². The third kappa shape index (κ3) is 4.52. The van der Waals surface area contributed by atoms with Gasteiger partial charge in [-0.1, -0.05) is 30.3 Å². The highest BCUT2D eigenvalue weighted by atomic mass is 16.5. The molecule has 0 aliphatic rings. The highest BCUT2D eigenvalue weighted by Crippen LogP contribution is 2.26. The van der Waals surface area contributed by atoms with Crippen LogP contribution in [0.25, 0.3) is 28.0 Å². The molecule has 0 spiro atoms. The molecule has 0 radical (unpaired) electrons. The zero-order chi connectivity index (χ0) is 23.4. The van der Waals surface area contributed by atoms with E-state index in [1.165, 1.54) is 18.8 Å². The fourth-order valence-corrected chi connectivity index (χ4v) is 3.35. The maximum absolute atomic E-state index is 13.6. The van der Waals surface area contributed by atoms with Crippen molar-refractivity contribution in [2.75, 3.05) is 24.9 Å². The zero-order valence-corrected chi connectivity index (χ0v) is 17.9. The number of hydrogen-bond acceptors (Lipinski definition) is 6. The van der Waals surface area contributed by atoms with Crippen LogP contribution in [-0.4, -0.2) is 36.0 Å². The number of amides is 2. The van der Waals surface area contributed by atoms with Gasteiger partial charge in [0.15, 0.2) is 0 Å². The lowest BCUT2D eigenvalue weighted by Gasteiger charge is -2.15. The monoisotopic (exact) mass is 444 g/mol. The van der Waals surface area contributed by atoms with Gasteiger partial charge in [0.1, 0.15) is 5.82 Å². The van der Waals surface area contributed by atoms with Crippen LogP contribution >= 0.6 is 0 Å². The van der Waals surface area contributed by atoms with E-state index in [2.05, 4.69) is 20.1 Å². The summed E-state index contributed by atoms with van der Waals surface area (Å²) in [5.41, 5.74) is 2.26. The van der Waals surface area contributed by atoms with Crippen molar-refractivity contribution in [2.24, 2.45) is 0 Å². The summed E-state index contributed by atoms with van der Waals surface area (Å²) in [5, 5.41) is 5.49. The molecule has 0 saturated heterocycles. The second-order valence-electron chi connectivity index (χ2n) is 6.96. The Balaban J connectivity index is 1.93. The summed E-state index contributed by atoms with van der Waals surface area (Å²) in [4.78, 5) is 41.6. The van der Waals surface area contributed by atoms with Gasteiger partial charge in [0.2, 0.25) is 0 Å². The van der Waals surface area contributed by atoms with Gasteiger partial charge in [-0.2, -0.15) is 0 Å². The number of fused-ring (bicyclic) bond motifs is 1. The van der Waals surface area contributed by atoms with Gasteiger partial charge in [-0.25, -0.2) is 14.6 Å². The van der Waals surface area contributed by atoms with Crippen LogP contribution in [0.5, 0.6) is 0 Å². The minimum Gasteiger partial charge on any atom is -0.453 e. The number of methoxy groups -OCH3 is 2. The molecule has 0 atom stereocenters. The smallest absolute Gasteiger partial charge is 0.411 e. The minimum absolute atomic E-state index is 0.318. The molecule has 1 heterocycles. The number of aromatic nitrogens is 2. The van der Waals surface area contributed by atoms with E-state index in [0.29, 0.717) is 39.4 Å². The lowest BCUT2D eigenvalue weighted by molar-refractivity contribution is 0.186. The molecular weight excluding hydrogens is 424 g/mol.